The summed E-state index contributed by atoms with van der Waals surface area (Å²) in [6.45, 7) is 2.20. The lowest BCUT2D eigenvalue weighted by Crippen LogP contribution is -2.53. The first kappa shape index (κ1) is 12.5. The lowest BCUT2D eigenvalue weighted by molar-refractivity contribution is -0.125. The van der Waals surface area contributed by atoms with E-state index in [0.717, 1.165) is 12.8 Å². The maximum absolute atomic E-state index is 12.2. The van der Waals surface area contributed by atoms with Crippen LogP contribution in [0.4, 0.5) is 0 Å². The van der Waals surface area contributed by atoms with Crippen molar-refractivity contribution in [3.8, 4) is 0 Å². The van der Waals surface area contributed by atoms with Crippen molar-refractivity contribution in [1.29, 1.82) is 0 Å². The van der Waals surface area contributed by atoms with Crippen molar-refractivity contribution in [2.75, 3.05) is 0 Å². The molecule has 2 N–H and O–H groups in total. The Bertz CT molecular complexity index is 307. The van der Waals surface area contributed by atoms with E-state index in [-0.39, 0.29) is 5.54 Å². The molecule has 1 aliphatic carbocycles. The Morgan fingerprint density at radius 3 is 2.44 bits per heavy atom. The van der Waals surface area contributed by atoms with E-state index in [1.54, 1.807) is 0 Å². The summed E-state index contributed by atoms with van der Waals surface area (Å²) in [4.78, 5) is 12.2. The maximum Gasteiger partial charge on any atom is 0.220 e. The van der Waals surface area contributed by atoms with Crippen molar-refractivity contribution in [3.05, 3.63) is 0 Å². The molecule has 0 aromatic carbocycles. The topological polar surface area (TPSA) is 41.1 Å². The van der Waals surface area contributed by atoms with Gasteiger partial charge in [0.15, 0.2) is 0 Å². The molecule has 0 aromatic rings. The fraction of sp³-hybridized carbons (Fsp3) is 0.933. The van der Waals surface area contributed by atoms with E-state index in [1.165, 1.54) is 44.9 Å². The first-order valence-electron chi connectivity index (χ1n) is 7.76. The number of rotatable bonds is 4. The van der Waals surface area contributed by atoms with Crippen molar-refractivity contribution < 1.29 is 4.79 Å². The predicted molar refractivity (Wildman–Crippen MR) is 72.3 cm³/mol. The molecule has 0 radical (unpaired) electrons. The minimum Gasteiger partial charge on any atom is -0.351 e. The molecule has 18 heavy (non-hydrogen) atoms. The van der Waals surface area contributed by atoms with Crippen LogP contribution in [-0.2, 0) is 4.79 Å². The predicted octanol–water partition coefficient (Wildman–Crippen LogP) is 2.36. The molecule has 3 rings (SSSR count). The molecule has 2 aliphatic heterocycles. The van der Waals surface area contributed by atoms with Gasteiger partial charge >= 0.3 is 0 Å². The van der Waals surface area contributed by atoms with Gasteiger partial charge in [0.1, 0.15) is 0 Å². The van der Waals surface area contributed by atoms with Gasteiger partial charge in [0.2, 0.25) is 5.91 Å². The fourth-order valence-corrected chi connectivity index (χ4v) is 4.12. The Hall–Kier alpha value is -0.570. The highest BCUT2D eigenvalue weighted by Crippen LogP contribution is 2.36. The average Bonchev–Trinajstić information content (AvgIpc) is 2.63. The molecule has 102 valence electrons. The number of hydrogen-bond acceptors (Lipinski definition) is 2. The van der Waals surface area contributed by atoms with E-state index in [0.29, 0.717) is 23.9 Å². The maximum atomic E-state index is 12.2. The van der Waals surface area contributed by atoms with E-state index in [1.807, 2.05) is 0 Å². The monoisotopic (exact) mass is 250 g/mol. The normalized spacial score (nSPS) is 37.1. The van der Waals surface area contributed by atoms with Gasteiger partial charge in [-0.15, -0.1) is 0 Å². The van der Waals surface area contributed by atoms with Crippen LogP contribution < -0.4 is 10.6 Å². The van der Waals surface area contributed by atoms with E-state index in [2.05, 4.69) is 17.6 Å². The molecule has 2 unspecified atom stereocenters. The third-order valence-electron chi connectivity index (χ3n) is 5.44. The third kappa shape index (κ3) is 2.42. The summed E-state index contributed by atoms with van der Waals surface area (Å²) in [7, 11) is 0. The quantitative estimate of drug-likeness (QED) is 0.804. The summed E-state index contributed by atoms with van der Waals surface area (Å²) >= 11 is 0. The van der Waals surface area contributed by atoms with E-state index in [4.69, 9.17) is 0 Å². The van der Waals surface area contributed by atoms with E-state index in [9.17, 15) is 4.79 Å². The molecule has 3 aliphatic rings. The Kier molecular flexibility index (Phi) is 3.35. The van der Waals surface area contributed by atoms with Gasteiger partial charge in [-0.05, 0) is 57.3 Å². The minimum absolute atomic E-state index is 0.170. The molecule has 1 amide bonds. The van der Waals surface area contributed by atoms with Gasteiger partial charge in [0, 0.05) is 24.0 Å². The number of carbonyl (C=O) groups is 1. The van der Waals surface area contributed by atoms with Gasteiger partial charge in [-0.1, -0.05) is 6.92 Å². The number of nitrogens with one attached hydrogen (secondary N) is 2. The number of fused-ring (bicyclic) bond motifs is 2. The van der Waals surface area contributed by atoms with Crippen LogP contribution in [0.25, 0.3) is 0 Å². The van der Waals surface area contributed by atoms with Crippen LogP contribution in [0.1, 0.15) is 64.7 Å². The van der Waals surface area contributed by atoms with Crippen molar-refractivity contribution in [1.82, 2.24) is 10.6 Å². The molecule has 1 saturated carbocycles. The standard InChI is InChI=1S/C15H26N2O/c1-2-15(6-3-7-15)17-14(18)10-11-8-12-4-5-13(9-11)16-12/h11-13,16H,2-10H2,1H3,(H,17,18). The Labute approximate surface area is 110 Å². The first-order valence-corrected chi connectivity index (χ1v) is 7.76. The summed E-state index contributed by atoms with van der Waals surface area (Å²) in [5.41, 5.74) is 0.170. The highest BCUT2D eigenvalue weighted by atomic mass is 16.1. The van der Waals surface area contributed by atoms with Crippen molar-refractivity contribution in [3.63, 3.8) is 0 Å². The van der Waals surface area contributed by atoms with Crippen LogP contribution >= 0.6 is 0 Å². The van der Waals surface area contributed by atoms with Gasteiger partial charge in [0.25, 0.3) is 0 Å². The lowest BCUT2D eigenvalue weighted by atomic mass is 9.74. The average molecular weight is 250 g/mol. The Balaban J connectivity index is 1.49. The van der Waals surface area contributed by atoms with Crippen LogP contribution in [0.15, 0.2) is 0 Å². The zero-order valence-electron chi connectivity index (χ0n) is 11.5. The van der Waals surface area contributed by atoms with Gasteiger partial charge in [-0.3, -0.25) is 4.79 Å². The molecule has 3 nitrogen and oxygen atoms in total. The molecule has 2 bridgehead atoms. The lowest BCUT2D eigenvalue weighted by Gasteiger charge is -2.42. The van der Waals surface area contributed by atoms with Crippen LogP contribution in [0.5, 0.6) is 0 Å². The summed E-state index contributed by atoms with van der Waals surface area (Å²) in [6, 6.07) is 1.40. The Morgan fingerprint density at radius 2 is 1.94 bits per heavy atom. The molecule has 2 atom stereocenters. The SMILES string of the molecule is CCC1(NC(=O)CC2CC3CCC(C2)N3)CCC1. The molecule has 3 fully saturated rings. The highest BCUT2D eigenvalue weighted by molar-refractivity contribution is 5.77. The second-order valence-corrected chi connectivity index (χ2v) is 6.72. The first-order chi connectivity index (χ1) is 8.69. The van der Waals surface area contributed by atoms with Crippen molar-refractivity contribution in [2.45, 2.75) is 82.3 Å². The van der Waals surface area contributed by atoms with E-state index >= 15 is 0 Å². The highest BCUT2D eigenvalue weighted by Gasteiger charge is 2.38. The molecule has 0 aromatic heterocycles. The molecule has 2 saturated heterocycles. The summed E-state index contributed by atoms with van der Waals surface area (Å²) in [5, 5.41) is 6.96. The van der Waals surface area contributed by atoms with Crippen LogP contribution in [0.2, 0.25) is 0 Å². The van der Waals surface area contributed by atoms with Gasteiger partial charge in [0.05, 0.1) is 0 Å². The summed E-state index contributed by atoms with van der Waals surface area (Å²) < 4.78 is 0. The number of carbonyl (C=O) groups excluding carboxylic acids is 1. The van der Waals surface area contributed by atoms with Crippen LogP contribution in [0, 0.1) is 5.92 Å². The van der Waals surface area contributed by atoms with Crippen molar-refractivity contribution >= 4 is 5.91 Å². The minimum atomic E-state index is 0.170. The van der Waals surface area contributed by atoms with Crippen molar-refractivity contribution in [2.24, 2.45) is 5.92 Å². The molecule has 2 heterocycles. The van der Waals surface area contributed by atoms with Gasteiger partial charge in [-0.25, -0.2) is 0 Å². The van der Waals surface area contributed by atoms with Gasteiger partial charge < -0.3 is 10.6 Å². The van der Waals surface area contributed by atoms with Gasteiger partial charge in [-0.2, -0.15) is 0 Å². The summed E-state index contributed by atoms with van der Waals surface area (Å²) in [6.07, 6.45) is 10.6. The fourth-order valence-electron chi connectivity index (χ4n) is 4.12. The number of amides is 1. The third-order valence-corrected chi connectivity index (χ3v) is 5.44. The molecule has 3 heteroatoms. The largest absolute Gasteiger partial charge is 0.351 e. The second kappa shape index (κ2) is 4.84. The smallest absolute Gasteiger partial charge is 0.220 e. The molecular weight excluding hydrogens is 224 g/mol. The van der Waals surface area contributed by atoms with Crippen LogP contribution in [-0.4, -0.2) is 23.5 Å². The zero-order chi connectivity index (χ0) is 12.6. The number of piperidine rings is 1. The zero-order valence-corrected chi connectivity index (χ0v) is 11.5. The molecular formula is C15H26N2O. The van der Waals surface area contributed by atoms with E-state index < -0.39 is 0 Å². The molecule has 0 spiro atoms. The van der Waals surface area contributed by atoms with Crippen LogP contribution in [0.3, 0.4) is 0 Å². The summed E-state index contributed by atoms with van der Waals surface area (Å²) in [5.74, 6) is 0.931. The second-order valence-electron chi connectivity index (χ2n) is 6.72. The Morgan fingerprint density at radius 1 is 1.28 bits per heavy atom. The number of hydrogen-bond donors (Lipinski definition) is 2.